The summed E-state index contributed by atoms with van der Waals surface area (Å²) in [5.41, 5.74) is 0.387. The molecular weight excluding hydrogens is 228 g/mol. The van der Waals surface area contributed by atoms with E-state index in [1.807, 2.05) is 0 Å². The van der Waals surface area contributed by atoms with E-state index in [-0.39, 0.29) is 0 Å². The molecule has 0 aliphatic carbocycles. The zero-order valence-electron chi connectivity index (χ0n) is 12.1. The molecule has 0 amide bonds. The summed E-state index contributed by atoms with van der Waals surface area (Å²) in [6.45, 7) is 10.5. The predicted octanol–water partition coefficient (Wildman–Crippen LogP) is 1.11. The van der Waals surface area contributed by atoms with Crippen molar-refractivity contribution in [3.8, 4) is 0 Å². The maximum absolute atomic E-state index is 5.72. The highest BCUT2D eigenvalue weighted by atomic mass is 16.5. The van der Waals surface area contributed by atoms with Gasteiger partial charge < -0.3 is 14.8 Å². The molecule has 2 aliphatic heterocycles. The molecule has 0 saturated carbocycles. The van der Waals surface area contributed by atoms with E-state index in [0.29, 0.717) is 17.6 Å². The molecule has 0 radical (unpaired) electrons. The number of hydrogen-bond donors (Lipinski definition) is 1. The van der Waals surface area contributed by atoms with Gasteiger partial charge in [-0.2, -0.15) is 0 Å². The molecule has 2 heterocycles. The molecule has 2 atom stereocenters. The predicted molar refractivity (Wildman–Crippen MR) is 72.9 cm³/mol. The molecule has 2 saturated heterocycles. The van der Waals surface area contributed by atoms with E-state index in [1.54, 1.807) is 0 Å². The van der Waals surface area contributed by atoms with Crippen LogP contribution in [-0.4, -0.2) is 63.5 Å². The van der Waals surface area contributed by atoms with Crippen molar-refractivity contribution in [3.05, 3.63) is 0 Å². The van der Waals surface area contributed by atoms with E-state index in [9.17, 15) is 0 Å². The van der Waals surface area contributed by atoms with Crippen molar-refractivity contribution in [2.75, 3.05) is 46.5 Å². The van der Waals surface area contributed by atoms with Crippen LogP contribution in [0.3, 0.4) is 0 Å². The third kappa shape index (κ3) is 3.44. The maximum Gasteiger partial charge on any atom is 0.0674 e. The monoisotopic (exact) mass is 256 g/mol. The summed E-state index contributed by atoms with van der Waals surface area (Å²) in [7, 11) is 2.06. The van der Waals surface area contributed by atoms with Crippen LogP contribution in [0.5, 0.6) is 0 Å². The molecule has 2 rings (SSSR count). The molecule has 2 unspecified atom stereocenters. The maximum atomic E-state index is 5.72. The van der Waals surface area contributed by atoms with E-state index in [1.165, 1.54) is 19.4 Å². The quantitative estimate of drug-likeness (QED) is 0.817. The zero-order valence-corrected chi connectivity index (χ0v) is 12.1. The standard InChI is InChI=1S/C14H28N2O2/c1-12-9-18-13(2)8-16(12)11-14(10-15-3)4-6-17-7-5-14/h12-13,15H,4-11H2,1-3H3. The van der Waals surface area contributed by atoms with Crippen LogP contribution >= 0.6 is 0 Å². The van der Waals surface area contributed by atoms with Crippen molar-refractivity contribution in [2.45, 2.75) is 38.8 Å². The second kappa shape index (κ2) is 6.33. The third-order valence-electron chi connectivity index (χ3n) is 4.38. The lowest BCUT2D eigenvalue weighted by Gasteiger charge is -2.45. The molecule has 0 aromatic carbocycles. The van der Waals surface area contributed by atoms with Gasteiger partial charge in [0.25, 0.3) is 0 Å². The summed E-state index contributed by atoms with van der Waals surface area (Å²) in [5.74, 6) is 0. The fraction of sp³-hybridized carbons (Fsp3) is 1.00. The number of morpholine rings is 1. The normalized spacial score (nSPS) is 33.5. The molecular formula is C14H28N2O2. The van der Waals surface area contributed by atoms with E-state index < -0.39 is 0 Å². The SMILES string of the molecule is CNCC1(CN2CC(C)OCC2C)CCOCC1. The highest BCUT2D eigenvalue weighted by Gasteiger charge is 2.36. The van der Waals surface area contributed by atoms with Crippen LogP contribution in [0.1, 0.15) is 26.7 Å². The number of nitrogens with zero attached hydrogens (tertiary/aromatic N) is 1. The summed E-state index contributed by atoms with van der Waals surface area (Å²) < 4.78 is 11.3. The fourth-order valence-corrected chi connectivity index (χ4v) is 3.19. The first kappa shape index (κ1) is 14.3. The van der Waals surface area contributed by atoms with Gasteiger partial charge in [0, 0.05) is 38.9 Å². The first-order valence-corrected chi connectivity index (χ1v) is 7.23. The van der Waals surface area contributed by atoms with Crippen LogP contribution in [0.25, 0.3) is 0 Å². The molecule has 0 aromatic heterocycles. The highest BCUT2D eigenvalue weighted by molar-refractivity contribution is 4.89. The Balaban J connectivity index is 1.98. The summed E-state index contributed by atoms with van der Waals surface area (Å²) >= 11 is 0. The molecule has 4 nitrogen and oxygen atoms in total. The van der Waals surface area contributed by atoms with Crippen molar-refractivity contribution in [2.24, 2.45) is 5.41 Å². The molecule has 1 N–H and O–H groups in total. The Morgan fingerprint density at radius 2 is 2.00 bits per heavy atom. The average molecular weight is 256 g/mol. The van der Waals surface area contributed by atoms with Gasteiger partial charge in [-0.1, -0.05) is 0 Å². The van der Waals surface area contributed by atoms with Gasteiger partial charge in [0.2, 0.25) is 0 Å². The molecule has 4 heteroatoms. The largest absolute Gasteiger partial charge is 0.381 e. The van der Waals surface area contributed by atoms with Crippen molar-refractivity contribution < 1.29 is 9.47 Å². The lowest BCUT2D eigenvalue weighted by Crippen LogP contribution is -2.54. The van der Waals surface area contributed by atoms with E-state index in [4.69, 9.17) is 9.47 Å². The van der Waals surface area contributed by atoms with Gasteiger partial charge in [-0.3, -0.25) is 4.90 Å². The summed E-state index contributed by atoms with van der Waals surface area (Å²) in [6, 6.07) is 0.540. The number of hydrogen-bond acceptors (Lipinski definition) is 4. The average Bonchev–Trinajstić information content (AvgIpc) is 2.35. The number of ether oxygens (including phenoxy) is 2. The van der Waals surface area contributed by atoms with E-state index in [0.717, 1.165) is 32.9 Å². The van der Waals surface area contributed by atoms with Crippen LogP contribution in [0.2, 0.25) is 0 Å². The lowest BCUT2D eigenvalue weighted by atomic mass is 9.79. The molecule has 2 aliphatic rings. The Morgan fingerprint density at radius 3 is 2.67 bits per heavy atom. The minimum absolute atomic E-state index is 0.368. The third-order valence-corrected chi connectivity index (χ3v) is 4.38. The molecule has 0 aromatic rings. The summed E-state index contributed by atoms with van der Waals surface area (Å²) in [6.07, 6.45) is 2.71. The second-order valence-electron chi connectivity index (χ2n) is 6.07. The molecule has 106 valence electrons. The Labute approximate surface area is 111 Å². The smallest absolute Gasteiger partial charge is 0.0674 e. The fourth-order valence-electron chi connectivity index (χ4n) is 3.19. The van der Waals surface area contributed by atoms with Crippen molar-refractivity contribution >= 4 is 0 Å². The number of nitrogens with one attached hydrogen (secondary N) is 1. The van der Waals surface area contributed by atoms with Gasteiger partial charge in [-0.25, -0.2) is 0 Å². The first-order valence-electron chi connectivity index (χ1n) is 7.23. The van der Waals surface area contributed by atoms with Crippen LogP contribution in [0.15, 0.2) is 0 Å². The van der Waals surface area contributed by atoms with Gasteiger partial charge in [-0.05, 0) is 39.2 Å². The molecule has 0 spiro atoms. The van der Waals surface area contributed by atoms with Gasteiger partial charge in [0.1, 0.15) is 0 Å². The highest BCUT2D eigenvalue weighted by Crippen LogP contribution is 2.32. The lowest BCUT2D eigenvalue weighted by molar-refractivity contribution is -0.0776. The molecule has 2 fully saturated rings. The van der Waals surface area contributed by atoms with Crippen LogP contribution in [0.4, 0.5) is 0 Å². The van der Waals surface area contributed by atoms with Crippen LogP contribution in [0, 0.1) is 5.41 Å². The van der Waals surface area contributed by atoms with Gasteiger partial charge in [-0.15, -0.1) is 0 Å². The topological polar surface area (TPSA) is 33.7 Å². The summed E-state index contributed by atoms with van der Waals surface area (Å²) in [4.78, 5) is 2.61. The Morgan fingerprint density at radius 1 is 1.28 bits per heavy atom. The molecule has 0 bridgehead atoms. The Bertz CT molecular complexity index is 249. The van der Waals surface area contributed by atoms with Crippen LogP contribution < -0.4 is 5.32 Å². The minimum atomic E-state index is 0.368. The number of rotatable bonds is 4. The zero-order chi connectivity index (χ0) is 13.0. The van der Waals surface area contributed by atoms with Crippen LogP contribution in [-0.2, 0) is 9.47 Å². The minimum Gasteiger partial charge on any atom is -0.381 e. The van der Waals surface area contributed by atoms with Crippen molar-refractivity contribution in [1.82, 2.24) is 10.2 Å². The first-order chi connectivity index (χ1) is 8.65. The van der Waals surface area contributed by atoms with Gasteiger partial charge >= 0.3 is 0 Å². The van der Waals surface area contributed by atoms with E-state index >= 15 is 0 Å². The van der Waals surface area contributed by atoms with Gasteiger partial charge in [0.15, 0.2) is 0 Å². The Hall–Kier alpha value is -0.160. The second-order valence-corrected chi connectivity index (χ2v) is 6.07. The van der Waals surface area contributed by atoms with Crippen molar-refractivity contribution in [1.29, 1.82) is 0 Å². The van der Waals surface area contributed by atoms with Gasteiger partial charge in [0.05, 0.1) is 12.7 Å². The van der Waals surface area contributed by atoms with Crippen molar-refractivity contribution in [3.63, 3.8) is 0 Å². The summed E-state index contributed by atoms with van der Waals surface area (Å²) in [5, 5.41) is 3.38. The Kier molecular flexibility index (Phi) is 5.01. The van der Waals surface area contributed by atoms with E-state index in [2.05, 4.69) is 31.1 Å². The molecule has 18 heavy (non-hydrogen) atoms.